The minimum atomic E-state index is -0.149. The highest BCUT2D eigenvalue weighted by Crippen LogP contribution is 2.22. The molecule has 3 unspecified atom stereocenters. The molecule has 1 aliphatic heterocycles. The van der Waals surface area contributed by atoms with Crippen molar-refractivity contribution in [3.05, 3.63) is 0 Å². The summed E-state index contributed by atoms with van der Waals surface area (Å²) in [7, 11) is 0. The third-order valence-corrected chi connectivity index (χ3v) is 4.17. The van der Waals surface area contributed by atoms with Crippen molar-refractivity contribution in [3.63, 3.8) is 0 Å². The molecule has 2 fully saturated rings. The highest BCUT2D eigenvalue weighted by molar-refractivity contribution is 5.68. The van der Waals surface area contributed by atoms with E-state index in [0.717, 1.165) is 45.2 Å². The molecular weight excluding hydrogens is 228 g/mol. The largest absolute Gasteiger partial charge is 0.444 e. The predicted octanol–water partition coefficient (Wildman–Crippen LogP) is 2.51. The molecule has 104 valence electrons. The quantitative estimate of drug-likeness (QED) is 0.731. The van der Waals surface area contributed by atoms with E-state index >= 15 is 0 Å². The summed E-state index contributed by atoms with van der Waals surface area (Å²) in [5.74, 6) is 0.592. The molecule has 4 heteroatoms. The Morgan fingerprint density at radius 1 is 1.17 bits per heavy atom. The number of nitrogens with two attached hydrogens (primary N) is 1. The number of amides is 1. The van der Waals surface area contributed by atoms with Gasteiger partial charge in [-0.25, -0.2) is 4.79 Å². The van der Waals surface area contributed by atoms with E-state index in [4.69, 9.17) is 10.5 Å². The molecule has 1 heterocycles. The molecule has 18 heavy (non-hydrogen) atoms. The highest BCUT2D eigenvalue weighted by Gasteiger charge is 2.28. The lowest BCUT2D eigenvalue weighted by Gasteiger charge is -2.32. The summed E-state index contributed by atoms with van der Waals surface area (Å²) in [6, 6.07) is 0.0265. The minimum absolute atomic E-state index is 0.0265. The number of nitrogens with zero attached hydrogens (tertiary/aromatic N) is 1. The van der Waals surface area contributed by atoms with E-state index in [1.807, 2.05) is 4.90 Å². The maximum atomic E-state index is 12.1. The van der Waals surface area contributed by atoms with Gasteiger partial charge in [0, 0.05) is 19.1 Å². The first-order chi connectivity index (χ1) is 8.66. The lowest BCUT2D eigenvalue weighted by molar-refractivity contribution is 0.0387. The molecule has 1 saturated heterocycles. The summed E-state index contributed by atoms with van der Waals surface area (Å²) in [4.78, 5) is 14.0. The summed E-state index contributed by atoms with van der Waals surface area (Å²) in [5, 5.41) is 0. The van der Waals surface area contributed by atoms with Crippen LogP contribution >= 0.6 is 0 Å². The van der Waals surface area contributed by atoms with E-state index in [1.54, 1.807) is 0 Å². The highest BCUT2D eigenvalue weighted by atomic mass is 16.6. The van der Waals surface area contributed by atoms with Crippen molar-refractivity contribution in [2.75, 3.05) is 13.1 Å². The maximum Gasteiger partial charge on any atom is 0.410 e. The number of piperidine rings is 1. The molecule has 0 spiro atoms. The fourth-order valence-corrected chi connectivity index (χ4v) is 3.01. The molecular formula is C14H26N2O2. The van der Waals surface area contributed by atoms with Gasteiger partial charge in [0.05, 0.1) is 0 Å². The van der Waals surface area contributed by atoms with Crippen LogP contribution in [0.3, 0.4) is 0 Å². The first kappa shape index (κ1) is 13.7. The zero-order valence-corrected chi connectivity index (χ0v) is 11.4. The summed E-state index contributed by atoms with van der Waals surface area (Å²) < 4.78 is 5.63. The van der Waals surface area contributed by atoms with Crippen molar-refractivity contribution in [3.8, 4) is 0 Å². The van der Waals surface area contributed by atoms with Crippen LogP contribution in [0, 0.1) is 5.92 Å². The second-order valence-electron chi connectivity index (χ2n) is 5.92. The van der Waals surface area contributed by atoms with Gasteiger partial charge in [-0.3, -0.25) is 0 Å². The number of hydrogen-bond donors (Lipinski definition) is 1. The minimum Gasteiger partial charge on any atom is -0.444 e. The van der Waals surface area contributed by atoms with Gasteiger partial charge in [-0.1, -0.05) is 19.8 Å². The maximum absolute atomic E-state index is 12.1. The van der Waals surface area contributed by atoms with E-state index in [0.29, 0.717) is 5.92 Å². The van der Waals surface area contributed by atoms with Gasteiger partial charge in [-0.15, -0.1) is 0 Å². The molecule has 0 aromatic heterocycles. The van der Waals surface area contributed by atoms with Crippen LogP contribution in [-0.4, -0.2) is 36.2 Å². The molecule has 0 radical (unpaired) electrons. The fraction of sp³-hybridized carbons (Fsp3) is 0.929. The van der Waals surface area contributed by atoms with Crippen LogP contribution in [0.2, 0.25) is 0 Å². The zero-order chi connectivity index (χ0) is 13.0. The Balaban J connectivity index is 1.85. The Bertz CT molecular complexity index is 283. The van der Waals surface area contributed by atoms with Crippen molar-refractivity contribution in [1.82, 2.24) is 4.90 Å². The van der Waals surface area contributed by atoms with Crippen LogP contribution < -0.4 is 5.73 Å². The number of ether oxygens (including phenoxy) is 1. The third kappa shape index (κ3) is 3.61. The van der Waals surface area contributed by atoms with E-state index in [9.17, 15) is 4.79 Å². The standard InChI is InChI=1S/C14H26N2O2/c1-11-6-5-9-16(10-11)14(17)18-13-8-4-2-3-7-12(13)15/h11-13H,2-10,15H2,1H3. The Morgan fingerprint density at radius 3 is 2.72 bits per heavy atom. The van der Waals surface area contributed by atoms with Gasteiger partial charge in [0.2, 0.25) is 0 Å². The SMILES string of the molecule is CC1CCCN(C(=O)OC2CCCCCC2N)C1. The van der Waals surface area contributed by atoms with Crippen LogP contribution in [0.15, 0.2) is 0 Å². The number of carbonyl (C=O) groups excluding carboxylic acids is 1. The topological polar surface area (TPSA) is 55.6 Å². The summed E-state index contributed by atoms with van der Waals surface area (Å²) in [6.45, 7) is 3.86. The van der Waals surface area contributed by atoms with Crippen molar-refractivity contribution >= 4 is 6.09 Å². The lowest BCUT2D eigenvalue weighted by Crippen LogP contribution is -2.44. The van der Waals surface area contributed by atoms with Gasteiger partial charge in [0.25, 0.3) is 0 Å². The van der Waals surface area contributed by atoms with Gasteiger partial charge in [0.1, 0.15) is 6.10 Å². The summed E-state index contributed by atoms with van der Waals surface area (Å²) in [5.41, 5.74) is 6.09. The average Bonchev–Trinajstić information content (AvgIpc) is 2.55. The third-order valence-electron chi connectivity index (χ3n) is 4.17. The number of carbonyl (C=O) groups is 1. The molecule has 1 aliphatic carbocycles. The Kier molecular flexibility index (Phi) is 4.87. The number of hydrogen-bond acceptors (Lipinski definition) is 3. The molecule has 1 saturated carbocycles. The number of likely N-dealkylation sites (tertiary alicyclic amines) is 1. The lowest BCUT2D eigenvalue weighted by atomic mass is 10.0. The predicted molar refractivity (Wildman–Crippen MR) is 71.3 cm³/mol. The van der Waals surface area contributed by atoms with Crippen molar-refractivity contribution < 1.29 is 9.53 Å². The van der Waals surface area contributed by atoms with E-state index in [-0.39, 0.29) is 18.2 Å². The Labute approximate surface area is 110 Å². The Morgan fingerprint density at radius 2 is 1.94 bits per heavy atom. The second kappa shape index (κ2) is 6.41. The van der Waals surface area contributed by atoms with E-state index < -0.39 is 0 Å². The molecule has 4 nitrogen and oxygen atoms in total. The van der Waals surface area contributed by atoms with Gasteiger partial charge in [-0.05, 0) is 38.0 Å². The molecule has 1 amide bonds. The molecule has 0 aromatic carbocycles. The second-order valence-corrected chi connectivity index (χ2v) is 5.92. The first-order valence-corrected chi connectivity index (χ1v) is 7.38. The molecule has 3 atom stereocenters. The average molecular weight is 254 g/mol. The molecule has 0 aromatic rings. The van der Waals surface area contributed by atoms with E-state index in [2.05, 4.69) is 6.92 Å². The van der Waals surface area contributed by atoms with Crippen LogP contribution in [0.4, 0.5) is 4.79 Å². The van der Waals surface area contributed by atoms with Gasteiger partial charge < -0.3 is 15.4 Å². The summed E-state index contributed by atoms with van der Waals surface area (Å²) in [6.07, 6.45) is 7.49. The van der Waals surface area contributed by atoms with Crippen LogP contribution in [0.1, 0.15) is 51.9 Å². The van der Waals surface area contributed by atoms with Crippen molar-refractivity contribution in [1.29, 1.82) is 0 Å². The molecule has 0 bridgehead atoms. The summed E-state index contributed by atoms with van der Waals surface area (Å²) >= 11 is 0. The van der Waals surface area contributed by atoms with Gasteiger partial charge in [0.15, 0.2) is 0 Å². The van der Waals surface area contributed by atoms with Crippen LogP contribution in [0.25, 0.3) is 0 Å². The van der Waals surface area contributed by atoms with Gasteiger partial charge >= 0.3 is 6.09 Å². The smallest absolute Gasteiger partial charge is 0.410 e. The van der Waals surface area contributed by atoms with Gasteiger partial charge in [-0.2, -0.15) is 0 Å². The van der Waals surface area contributed by atoms with E-state index in [1.165, 1.54) is 12.8 Å². The molecule has 2 N–H and O–H groups in total. The van der Waals surface area contributed by atoms with Crippen molar-refractivity contribution in [2.45, 2.75) is 64.0 Å². The first-order valence-electron chi connectivity index (χ1n) is 7.38. The molecule has 2 rings (SSSR count). The number of rotatable bonds is 1. The fourth-order valence-electron chi connectivity index (χ4n) is 3.01. The van der Waals surface area contributed by atoms with Crippen molar-refractivity contribution in [2.24, 2.45) is 11.7 Å². The van der Waals surface area contributed by atoms with Crippen LogP contribution in [0.5, 0.6) is 0 Å². The monoisotopic (exact) mass is 254 g/mol. The zero-order valence-electron chi connectivity index (χ0n) is 11.4. The van der Waals surface area contributed by atoms with Crippen LogP contribution in [-0.2, 0) is 4.74 Å². The Hall–Kier alpha value is -0.770. The normalized spacial score (nSPS) is 33.9. The molecule has 2 aliphatic rings.